The highest BCUT2D eigenvalue weighted by molar-refractivity contribution is 5.99. The number of rotatable bonds is 8. The van der Waals surface area contributed by atoms with Gasteiger partial charge in [-0.1, -0.05) is 175 Å². The summed E-state index contributed by atoms with van der Waals surface area (Å²) >= 11 is 0. The van der Waals surface area contributed by atoms with E-state index in [4.69, 9.17) is 25.0 Å². The second kappa shape index (κ2) is 17.4. The van der Waals surface area contributed by atoms with Crippen molar-refractivity contribution < 1.29 is 22.9 Å². The summed E-state index contributed by atoms with van der Waals surface area (Å²) < 4.78 is 113. The molecule has 10 aromatic rings. The molecule has 8 aromatic carbocycles. The predicted octanol–water partition coefficient (Wildman–Crippen LogP) is 17.0. The molecule has 0 unspecified atom stereocenters. The molecular formula is C64H57N3O. The highest BCUT2D eigenvalue weighted by Gasteiger charge is 2.27. The van der Waals surface area contributed by atoms with Gasteiger partial charge in [0.2, 0.25) is 0 Å². The van der Waals surface area contributed by atoms with Crippen LogP contribution in [0.5, 0.6) is 5.75 Å². The molecule has 0 aliphatic carbocycles. The van der Waals surface area contributed by atoms with Gasteiger partial charge in [-0.3, -0.25) is 9.55 Å². The Morgan fingerprint density at radius 3 is 1.81 bits per heavy atom. The molecule has 0 saturated heterocycles. The van der Waals surface area contributed by atoms with Crippen LogP contribution in [0.2, 0.25) is 0 Å². The van der Waals surface area contributed by atoms with Crippen molar-refractivity contribution in [3.63, 3.8) is 0 Å². The SMILES string of the molecule is [2H]c1c([2H])c(C(C([2H])([2H])[2H])(C([2H])([2H])[2H])C([2H])([2H])[2H])c([2H])c([2H])c1-c1ccnc(-c2cc(-c3ccccc3)cc(-c3cccc4c3nc(-c3cc(C)cc(C)c3O)n4-c3cc(-c4ccccc4)c(C(C)(C)C)cc3-c3ccccc3)c2)c1. The zero-order valence-electron chi connectivity index (χ0n) is 51.5. The van der Waals surface area contributed by atoms with Crippen LogP contribution in [0.3, 0.4) is 0 Å². The van der Waals surface area contributed by atoms with Gasteiger partial charge in [0.05, 0.1) is 33.5 Å². The Morgan fingerprint density at radius 1 is 0.515 bits per heavy atom. The van der Waals surface area contributed by atoms with Gasteiger partial charge >= 0.3 is 0 Å². The number of pyridine rings is 1. The van der Waals surface area contributed by atoms with Gasteiger partial charge in [-0.25, -0.2) is 4.98 Å². The molecule has 0 aliphatic heterocycles. The minimum absolute atomic E-state index is 0.0939. The monoisotopic (exact) mass is 897 g/mol. The van der Waals surface area contributed by atoms with Gasteiger partial charge in [-0.15, -0.1) is 0 Å². The van der Waals surface area contributed by atoms with E-state index >= 15 is 0 Å². The molecule has 0 spiro atoms. The molecule has 0 aliphatic rings. The first-order valence-corrected chi connectivity index (χ1v) is 22.5. The Labute approximate surface area is 419 Å². The molecule has 0 bridgehead atoms. The van der Waals surface area contributed by atoms with Gasteiger partial charge in [0, 0.05) is 35.2 Å². The zero-order valence-corrected chi connectivity index (χ0v) is 38.5. The number of nitrogens with zero attached hydrogens (tertiary/aromatic N) is 3. The van der Waals surface area contributed by atoms with Gasteiger partial charge in [0.25, 0.3) is 0 Å². The lowest BCUT2D eigenvalue weighted by Crippen LogP contribution is -2.14. The van der Waals surface area contributed by atoms with Crippen LogP contribution in [-0.2, 0) is 10.8 Å². The third-order valence-corrected chi connectivity index (χ3v) is 12.4. The maximum absolute atomic E-state index is 12.1. The quantitative estimate of drug-likeness (QED) is 0.165. The van der Waals surface area contributed by atoms with E-state index < -0.39 is 55.7 Å². The Balaban J connectivity index is 1.24. The van der Waals surface area contributed by atoms with E-state index in [-0.39, 0.29) is 22.3 Å². The molecule has 0 fully saturated rings. The molecule has 334 valence electrons. The summed E-state index contributed by atoms with van der Waals surface area (Å²) in [6.07, 6.45) is 1.43. The average molecular weight is 897 g/mol. The van der Waals surface area contributed by atoms with E-state index in [2.05, 4.69) is 67.8 Å². The molecule has 10 rings (SSSR count). The minimum atomic E-state index is -3.82. The first-order valence-electron chi connectivity index (χ1n) is 29.0. The number of fused-ring (bicyclic) bond motifs is 1. The molecular weight excluding hydrogens is 827 g/mol. The van der Waals surface area contributed by atoms with Crippen LogP contribution in [0.1, 0.15) is 81.4 Å². The minimum Gasteiger partial charge on any atom is -0.507 e. The van der Waals surface area contributed by atoms with Crippen LogP contribution in [0.4, 0.5) is 0 Å². The molecule has 0 saturated carbocycles. The summed E-state index contributed by atoms with van der Waals surface area (Å²) in [7, 11) is 0. The van der Waals surface area contributed by atoms with Crippen molar-refractivity contribution in [1.82, 2.24) is 14.5 Å². The van der Waals surface area contributed by atoms with Crippen molar-refractivity contribution in [3.8, 4) is 89.7 Å². The van der Waals surface area contributed by atoms with Gasteiger partial charge in [0.1, 0.15) is 11.6 Å². The Kier molecular flexibility index (Phi) is 8.00. The molecule has 2 heterocycles. The maximum Gasteiger partial charge on any atom is 0.149 e. The van der Waals surface area contributed by atoms with Crippen molar-refractivity contribution >= 4 is 11.0 Å². The van der Waals surface area contributed by atoms with Crippen molar-refractivity contribution in [2.75, 3.05) is 0 Å². The van der Waals surface area contributed by atoms with Gasteiger partial charge in [0.15, 0.2) is 0 Å². The summed E-state index contributed by atoms with van der Waals surface area (Å²) in [4.78, 5) is 10.3. The molecule has 1 N–H and O–H groups in total. The second-order valence-electron chi connectivity index (χ2n) is 18.4. The zero-order chi connectivity index (χ0) is 58.3. The fourth-order valence-electron chi connectivity index (χ4n) is 9.10. The lowest BCUT2D eigenvalue weighted by atomic mass is 9.79. The van der Waals surface area contributed by atoms with E-state index in [9.17, 15) is 7.85 Å². The number of aromatic nitrogens is 3. The fraction of sp³-hybridized carbons (Fsp3) is 0.156. The molecule has 4 heteroatoms. The Morgan fingerprint density at radius 2 is 1.15 bits per heavy atom. The van der Waals surface area contributed by atoms with Crippen LogP contribution >= 0.6 is 0 Å². The second-order valence-corrected chi connectivity index (χ2v) is 18.4. The third kappa shape index (κ3) is 8.43. The van der Waals surface area contributed by atoms with Crippen molar-refractivity contribution in [3.05, 3.63) is 216 Å². The number of phenols is 1. The molecule has 68 heavy (non-hydrogen) atoms. The average Bonchev–Trinajstić information content (AvgIpc) is 3.97. The van der Waals surface area contributed by atoms with E-state index in [1.54, 1.807) is 6.07 Å². The van der Waals surface area contributed by atoms with Gasteiger partial charge < -0.3 is 5.11 Å². The maximum atomic E-state index is 12.1. The first-order chi connectivity index (χ1) is 38.1. The lowest BCUT2D eigenvalue weighted by molar-refractivity contribution is 0.472. The number of phenolic OH excluding ortho intramolecular Hbond substituents is 1. The van der Waals surface area contributed by atoms with Crippen molar-refractivity contribution in [2.45, 2.75) is 66.0 Å². The summed E-state index contributed by atoms with van der Waals surface area (Å²) in [5.41, 5.74) is 8.11. The summed E-state index contributed by atoms with van der Waals surface area (Å²) in [5, 5.41) is 12.1. The van der Waals surface area contributed by atoms with E-state index in [1.165, 1.54) is 12.3 Å². The van der Waals surface area contributed by atoms with Crippen molar-refractivity contribution in [1.29, 1.82) is 0 Å². The fourth-order valence-corrected chi connectivity index (χ4v) is 9.10. The Hall–Kier alpha value is -7.82. The predicted molar refractivity (Wildman–Crippen MR) is 285 cm³/mol. The number of para-hydroxylation sites is 1. The highest BCUT2D eigenvalue weighted by Crippen LogP contribution is 2.45. The van der Waals surface area contributed by atoms with Gasteiger partial charge in [-0.05, 0) is 146 Å². The number of benzene rings is 8. The molecule has 0 amide bonds. The van der Waals surface area contributed by atoms with Crippen LogP contribution in [-0.4, -0.2) is 19.6 Å². The number of aryl methyl sites for hydroxylation is 2. The standard InChI is InChI=1S/C64H57N3O/c1-41-33-42(2)61(68)55(34-41)62-66-60-52(25-18-26-58(60)67(62)59-40-53(45-21-14-10-15-22-45)56(64(6,7)8)39-54(59)46-23-16-11-17-24-46)49-35-48(43-19-12-9-13-20-43)36-50(37-49)57-38-47(31-32-65-57)44-27-29-51(30-28-44)63(3,4)5/h9-40,68H,1-8H3/i3D3,4D3,5D3,27D,28D,29D,30D. The molecule has 0 atom stereocenters. The molecule has 4 nitrogen and oxygen atoms in total. The number of hydrogen-bond acceptors (Lipinski definition) is 3. The van der Waals surface area contributed by atoms with E-state index in [0.29, 0.717) is 33.7 Å². The van der Waals surface area contributed by atoms with Crippen LogP contribution in [0, 0.1) is 13.8 Å². The van der Waals surface area contributed by atoms with E-state index in [1.807, 2.05) is 123 Å². The third-order valence-electron chi connectivity index (χ3n) is 12.4. The topological polar surface area (TPSA) is 50.9 Å². The summed E-state index contributed by atoms with van der Waals surface area (Å²) in [6, 6.07) is 49.8. The van der Waals surface area contributed by atoms with Gasteiger partial charge in [-0.2, -0.15) is 0 Å². The molecule has 0 radical (unpaired) electrons. The summed E-state index contributed by atoms with van der Waals surface area (Å²) in [6.45, 7) is -0.954. The Bertz CT molecular complexity index is 4000. The van der Waals surface area contributed by atoms with Crippen LogP contribution < -0.4 is 0 Å². The smallest absolute Gasteiger partial charge is 0.149 e. The van der Waals surface area contributed by atoms with E-state index in [0.717, 1.165) is 66.8 Å². The number of aromatic hydroxyl groups is 1. The molecule has 2 aromatic heterocycles. The van der Waals surface area contributed by atoms with Crippen LogP contribution in [0.15, 0.2) is 194 Å². The number of imidazole rings is 1. The lowest BCUT2D eigenvalue weighted by Gasteiger charge is -2.27. The first kappa shape index (κ1) is 31.2. The summed E-state index contributed by atoms with van der Waals surface area (Å²) in [5.74, 6) is 0.603. The normalized spacial score (nSPS) is 15.2. The van der Waals surface area contributed by atoms with Crippen molar-refractivity contribution in [2.24, 2.45) is 0 Å². The highest BCUT2D eigenvalue weighted by atomic mass is 16.3. The number of hydrogen-bond donors (Lipinski definition) is 1. The largest absolute Gasteiger partial charge is 0.507 e. The van der Waals surface area contributed by atoms with Crippen LogP contribution in [0.25, 0.3) is 95.0 Å².